The van der Waals surface area contributed by atoms with Crippen molar-refractivity contribution < 1.29 is 4.74 Å². The van der Waals surface area contributed by atoms with Crippen LogP contribution in [0.4, 0.5) is 0 Å². The number of H-pyrrole nitrogens is 1. The molecule has 0 amide bonds. The van der Waals surface area contributed by atoms with E-state index in [1.54, 1.807) is 0 Å². The van der Waals surface area contributed by atoms with Crippen molar-refractivity contribution >= 4 is 10.9 Å². The molecule has 1 aromatic heterocycles. The summed E-state index contributed by atoms with van der Waals surface area (Å²) in [6, 6.07) is 9.16. The average Bonchev–Trinajstić information content (AvgIpc) is 2.62. The molecule has 0 bridgehead atoms. The summed E-state index contributed by atoms with van der Waals surface area (Å²) < 4.78 is 5.11. The molecule has 0 saturated carbocycles. The van der Waals surface area contributed by atoms with Gasteiger partial charge in [-0.25, -0.2) is 0 Å². The van der Waals surface area contributed by atoms with Gasteiger partial charge in [-0.15, -0.1) is 0 Å². The number of rotatable bonds is 3. The fraction of sp³-hybridized carbons (Fsp3) is 0.333. The quantitative estimate of drug-likeness (QED) is 0.794. The Morgan fingerprint density at radius 1 is 1.33 bits per heavy atom. The van der Waals surface area contributed by atoms with E-state index in [9.17, 15) is 0 Å². The van der Waals surface area contributed by atoms with Crippen LogP contribution < -0.4 is 5.32 Å². The Hall–Kier alpha value is -1.32. The van der Waals surface area contributed by atoms with Gasteiger partial charge in [-0.05, 0) is 29.1 Å². The van der Waals surface area contributed by atoms with Crippen LogP contribution in [0, 0.1) is 0 Å². The monoisotopic (exact) mass is 202 g/mol. The zero-order valence-electron chi connectivity index (χ0n) is 8.49. The standard InChI is InChI=1S/C12H14N2O/c1-2-12-10(3-4-13-12)5-9(1)6-14-11-7-15-8-11/h1-5,11,13-14H,6-8H2. The lowest BCUT2D eigenvalue weighted by atomic mass is 10.1. The summed E-state index contributed by atoms with van der Waals surface area (Å²) in [7, 11) is 0. The SMILES string of the molecule is c1cc2cc(CNC3COC3)ccc2[nH]1. The first-order valence-electron chi connectivity index (χ1n) is 5.29. The first-order valence-corrected chi connectivity index (χ1v) is 5.29. The second-order valence-electron chi connectivity index (χ2n) is 4.01. The summed E-state index contributed by atoms with van der Waals surface area (Å²) in [4.78, 5) is 3.19. The summed E-state index contributed by atoms with van der Waals surface area (Å²) in [5.74, 6) is 0. The normalized spacial score (nSPS) is 16.8. The number of fused-ring (bicyclic) bond motifs is 1. The third-order valence-electron chi connectivity index (χ3n) is 2.85. The van der Waals surface area contributed by atoms with Gasteiger partial charge in [0.1, 0.15) is 0 Å². The van der Waals surface area contributed by atoms with Crippen LogP contribution in [0.3, 0.4) is 0 Å². The highest BCUT2D eigenvalue weighted by molar-refractivity contribution is 5.79. The molecule has 1 fully saturated rings. The zero-order valence-corrected chi connectivity index (χ0v) is 8.49. The second-order valence-corrected chi connectivity index (χ2v) is 4.01. The molecule has 1 aliphatic heterocycles. The number of ether oxygens (including phenoxy) is 1. The molecule has 0 unspecified atom stereocenters. The topological polar surface area (TPSA) is 37.0 Å². The van der Waals surface area contributed by atoms with Gasteiger partial charge in [0.05, 0.1) is 19.3 Å². The van der Waals surface area contributed by atoms with Crippen molar-refractivity contribution in [2.75, 3.05) is 13.2 Å². The number of aromatic nitrogens is 1. The Kier molecular flexibility index (Phi) is 2.19. The van der Waals surface area contributed by atoms with Crippen LogP contribution in [0.1, 0.15) is 5.56 Å². The molecule has 0 radical (unpaired) electrons. The molecule has 1 aromatic carbocycles. The lowest BCUT2D eigenvalue weighted by Gasteiger charge is -2.27. The molecule has 78 valence electrons. The summed E-state index contributed by atoms with van der Waals surface area (Å²) in [5.41, 5.74) is 2.53. The zero-order chi connectivity index (χ0) is 10.1. The number of aromatic amines is 1. The summed E-state index contributed by atoms with van der Waals surface area (Å²) in [6.07, 6.45) is 1.97. The minimum atomic E-state index is 0.548. The average molecular weight is 202 g/mol. The predicted molar refractivity (Wildman–Crippen MR) is 59.7 cm³/mol. The second kappa shape index (κ2) is 3.68. The molecule has 15 heavy (non-hydrogen) atoms. The van der Waals surface area contributed by atoms with E-state index in [4.69, 9.17) is 4.74 Å². The third-order valence-corrected chi connectivity index (χ3v) is 2.85. The predicted octanol–water partition coefficient (Wildman–Crippen LogP) is 1.66. The Bertz CT molecular complexity index is 459. The third kappa shape index (κ3) is 1.76. The molecule has 2 N–H and O–H groups in total. The van der Waals surface area contributed by atoms with Crippen LogP contribution in [0.5, 0.6) is 0 Å². The minimum absolute atomic E-state index is 0.548. The van der Waals surface area contributed by atoms with Gasteiger partial charge < -0.3 is 15.0 Å². The number of hydrogen-bond acceptors (Lipinski definition) is 2. The summed E-state index contributed by atoms with van der Waals surface area (Å²) in [6.45, 7) is 2.63. The van der Waals surface area contributed by atoms with Crippen LogP contribution in [-0.4, -0.2) is 24.2 Å². The Morgan fingerprint density at radius 2 is 2.27 bits per heavy atom. The lowest BCUT2D eigenvalue weighted by Crippen LogP contribution is -2.45. The van der Waals surface area contributed by atoms with E-state index < -0.39 is 0 Å². The molecule has 0 atom stereocenters. The van der Waals surface area contributed by atoms with E-state index in [2.05, 4.69) is 34.6 Å². The molecule has 0 spiro atoms. The molecule has 2 heterocycles. The molecule has 2 aromatic rings. The fourth-order valence-corrected chi connectivity index (χ4v) is 1.83. The Labute approximate surface area is 88.4 Å². The van der Waals surface area contributed by atoms with Crippen LogP contribution in [0.25, 0.3) is 10.9 Å². The Balaban J connectivity index is 1.72. The van der Waals surface area contributed by atoms with Gasteiger partial charge in [0, 0.05) is 18.3 Å². The first kappa shape index (κ1) is 8.95. The highest BCUT2D eigenvalue weighted by Gasteiger charge is 2.16. The minimum Gasteiger partial charge on any atom is -0.378 e. The number of nitrogens with one attached hydrogen (secondary N) is 2. The summed E-state index contributed by atoms with van der Waals surface area (Å²) in [5, 5.41) is 4.73. The van der Waals surface area contributed by atoms with E-state index in [0.717, 1.165) is 19.8 Å². The maximum Gasteiger partial charge on any atom is 0.0643 e. The molecular formula is C12H14N2O. The molecule has 3 rings (SSSR count). The molecule has 3 heteroatoms. The smallest absolute Gasteiger partial charge is 0.0643 e. The molecule has 3 nitrogen and oxygen atoms in total. The van der Waals surface area contributed by atoms with Crippen molar-refractivity contribution in [1.29, 1.82) is 0 Å². The van der Waals surface area contributed by atoms with Crippen molar-refractivity contribution in [3.05, 3.63) is 36.0 Å². The van der Waals surface area contributed by atoms with Gasteiger partial charge >= 0.3 is 0 Å². The first-order chi connectivity index (χ1) is 7.42. The summed E-state index contributed by atoms with van der Waals surface area (Å²) >= 11 is 0. The molecular weight excluding hydrogens is 188 g/mol. The largest absolute Gasteiger partial charge is 0.378 e. The molecule has 1 aliphatic rings. The van der Waals surface area contributed by atoms with Gasteiger partial charge in [-0.3, -0.25) is 0 Å². The maximum atomic E-state index is 5.11. The van der Waals surface area contributed by atoms with E-state index in [-0.39, 0.29) is 0 Å². The van der Waals surface area contributed by atoms with Gasteiger partial charge in [0.2, 0.25) is 0 Å². The van der Waals surface area contributed by atoms with Gasteiger partial charge in [0.15, 0.2) is 0 Å². The molecule has 0 aliphatic carbocycles. The lowest BCUT2D eigenvalue weighted by molar-refractivity contribution is -0.00578. The van der Waals surface area contributed by atoms with Crippen molar-refractivity contribution in [1.82, 2.24) is 10.3 Å². The van der Waals surface area contributed by atoms with Crippen molar-refractivity contribution in [3.63, 3.8) is 0 Å². The van der Waals surface area contributed by atoms with Crippen LogP contribution >= 0.6 is 0 Å². The number of hydrogen-bond donors (Lipinski definition) is 2. The van der Waals surface area contributed by atoms with E-state index in [0.29, 0.717) is 6.04 Å². The fourth-order valence-electron chi connectivity index (χ4n) is 1.83. The Morgan fingerprint density at radius 3 is 3.07 bits per heavy atom. The van der Waals surface area contributed by atoms with Crippen molar-refractivity contribution in [2.45, 2.75) is 12.6 Å². The maximum absolute atomic E-state index is 5.11. The van der Waals surface area contributed by atoms with Crippen LogP contribution in [0.2, 0.25) is 0 Å². The van der Waals surface area contributed by atoms with E-state index in [1.807, 2.05) is 6.20 Å². The number of benzene rings is 1. The molecule has 1 saturated heterocycles. The van der Waals surface area contributed by atoms with Crippen LogP contribution in [0.15, 0.2) is 30.5 Å². The van der Waals surface area contributed by atoms with Gasteiger partial charge in [0.25, 0.3) is 0 Å². The van der Waals surface area contributed by atoms with Crippen molar-refractivity contribution in [3.8, 4) is 0 Å². The van der Waals surface area contributed by atoms with Gasteiger partial charge in [-0.1, -0.05) is 6.07 Å². The van der Waals surface area contributed by atoms with E-state index >= 15 is 0 Å². The highest BCUT2D eigenvalue weighted by atomic mass is 16.5. The van der Waals surface area contributed by atoms with Crippen LogP contribution in [-0.2, 0) is 11.3 Å². The highest BCUT2D eigenvalue weighted by Crippen LogP contribution is 2.14. The van der Waals surface area contributed by atoms with E-state index in [1.165, 1.54) is 16.5 Å². The van der Waals surface area contributed by atoms with Gasteiger partial charge in [-0.2, -0.15) is 0 Å². The van der Waals surface area contributed by atoms with Crippen molar-refractivity contribution in [2.24, 2.45) is 0 Å².